The van der Waals surface area contributed by atoms with Gasteiger partial charge in [0.05, 0.1) is 22.6 Å². The maximum absolute atomic E-state index is 6.24. The van der Waals surface area contributed by atoms with Gasteiger partial charge in [-0.15, -0.1) is 0 Å². The largest absolute Gasteiger partial charge is 0.461 e. The van der Waals surface area contributed by atoms with Crippen LogP contribution in [0, 0.1) is 6.92 Å². The van der Waals surface area contributed by atoms with Crippen molar-refractivity contribution in [1.29, 1.82) is 0 Å². The number of benzene rings is 5. The average molecular weight is 620 g/mol. The third kappa shape index (κ3) is 4.02. The van der Waals surface area contributed by atoms with Crippen LogP contribution < -0.4 is 0 Å². The maximum Gasteiger partial charge on any atom is 0.160 e. The SMILES string of the molecule is C=Cc1c(-c2c(C)oc3ccccc23)c2ccccc2n1-c1ccc(-c2nc(-c3ccccc3)nc3c2-c2ccccc2C3(C)C)cc1. The topological polar surface area (TPSA) is 43.9 Å². The first-order chi connectivity index (χ1) is 23.5. The molecule has 3 aromatic heterocycles. The van der Waals surface area contributed by atoms with Crippen molar-refractivity contribution in [3.8, 4) is 50.6 Å². The van der Waals surface area contributed by atoms with E-state index in [2.05, 4.69) is 122 Å². The van der Waals surface area contributed by atoms with Gasteiger partial charge in [0, 0.05) is 49.7 Å². The summed E-state index contributed by atoms with van der Waals surface area (Å²) in [6, 6.07) is 44.5. The number of fused-ring (bicyclic) bond motifs is 5. The summed E-state index contributed by atoms with van der Waals surface area (Å²) < 4.78 is 8.55. The lowest BCUT2D eigenvalue weighted by molar-refractivity contribution is 0.580. The summed E-state index contributed by atoms with van der Waals surface area (Å²) in [5.74, 6) is 1.64. The minimum absolute atomic E-state index is 0.248. The molecule has 230 valence electrons. The minimum atomic E-state index is -0.248. The number of furan rings is 1. The molecule has 0 fully saturated rings. The highest BCUT2D eigenvalue weighted by atomic mass is 16.3. The Kier molecular flexibility index (Phi) is 6.18. The standard InChI is InChI=1S/C44H33N3O/c1-5-35-39(38-27(2)48-37-22-14-11-19-33(37)38)32-18-10-13-21-36(32)47(35)30-25-23-28(24-26-30)41-40-31-17-9-12-20-34(31)44(3,4)42(40)46-43(45-41)29-15-7-6-8-16-29/h5-26H,1H2,2-4H3. The second kappa shape index (κ2) is 10.5. The second-order valence-corrected chi connectivity index (χ2v) is 13.0. The molecular weight excluding hydrogens is 587 g/mol. The lowest BCUT2D eigenvalue weighted by atomic mass is 9.85. The van der Waals surface area contributed by atoms with Crippen LogP contribution in [0.1, 0.15) is 36.6 Å². The number of aromatic nitrogens is 3. The molecule has 1 aliphatic rings. The molecule has 5 aromatic carbocycles. The molecule has 0 N–H and O–H groups in total. The normalized spacial score (nSPS) is 13.1. The molecule has 0 saturated carbocycles. The van der Waals surface area contributed by atoms with E-state index in [0.29, 0.717) is 0 Å². The fraction of sp³-hybridized carbons (Fsp3) is 0.0909. The molecule has 0 atom stereocenters. The van der Waals surface area contributed by atoms with Crippen LogP contribution in [0.5, 0.6) is 0 Å². The van der Waals surface area contributed by atoms with Crippen LogP contribution in [0.2, 0.25) is 0 Å². The summed E-state index contributed by atoms with van der Waals surface area (Å²) >= 11 is 0. The van der Waals surface area contributed by atoms with E-state index in [1.165, 1.54) is 11.1 Å². The molecule has 0 unspecified atom stereocenters. The Hall–Kier alpha value is -6.00. The highest BCUT2D eigenvalue weighted by Crippen LogP contribution is 2.51. The lowest BCUT2D eigenvalue weighted by Gasteiger charge is -2.21. The van der Waals surface area contributed by atoms with Crippen LogP contribution in [-0.4, -0.2) is 14.5 Å². The molecule has 3 heterocycles. The van der Waals surface area contributed by atoms with E-state index >= 15 is 0 Å². The van der Waals surface area contributed by atoms with Gasteiger partial charge in [-0.1, -0.05) is 124 Å². The molecule has 4 heteroatoms. The molecule has 9 rings (SSSR count). The molecule has 0 aliphatic heterocycles. The van der Waals surface area contributed by atoms with Crippen molar-refractivity contribution in [1.82, 2.24) is 14.5 Å². The average Bonchev–Trinajstić information content (AvgIpc) is 3.72. The van der Waals surface area contributed by atoms with E-state index in [-0.39, 0.29) is 5.41 Å². The van der Waals surface area contributed by atoms with Crippen molar-refractivity contribution < 1.29 is 4.42 Å². The van der Waals surface area contributed by atoms with Gasteiger partial charge >= 0.3 is 0 Å². The van der Waals surface area contributed by atoms with E-state index < -0.39 is 0 Å². The van der Waals surface area contributed by atoms with Gasteiger partial charge in [0.15, 0.2) is 5.82 Å². The first-order valence-corrected chi connectivity index (χ1v) is 16.4. The Balaban J connectivity index is 1.25. The van der Waals surface area contributed by atoms with Crippen molar-refractivity contribution in [3.63, 3.8) is 0 Å². The number of para-hydroxylation sites is 2. The molecule has 48 heavy (non-hydrogen) atoms. The Bertz CT molecular complexity index is 2550. The van der Waals surface area contributed by atoms with Gasteiger partial charge in [-0.25, -0.2) is 9.97 Å². The first kappa shape index (κ1) is 28.2. The lowest BCUT2D eigenvalue weighted by Crippen LogP contribution is -2.17. The number of rotatable bonds is 5. The summed E-state index contributed by atoms with van der Waals surface area (Å²) in [5.41, 5.74) is 13.8. The van der Waals surface area contributed by atoms with E-state index in [4.69, 9.17) is 14.4 Å². The fourth-order valence-electron chi connectivity index (χ4n) is 7.71. The van der Waals surface area contributed by atoms with E-state index in [0.717, 1.165) is 84.0 Å². The molecule has 0 saturated heterocycles. The third-order valence-electron chi connectivity index (χ3n) is 9.93. The first-order valence-electron chi connectivity index (χ1n) is 16.4. The van der Waals surface area contributed by atoms with Gasteiger partial charge in [0.25, 0.3) is 0 Å². The van der Waals surface area contributed by atoms with Gasteiger partial charge in [0.1, 0.15) is 11.3 Å². The Morgan fingerprint density at radius 2 is 1.35 bits per heavy atom. The minimum Gasteiger partial charge on any atom is -0.461 e. The molecule has 0 spiro atoms. The highest BCUT2D eigenvalue weighted by Gasteiger charge is 2.39. The van der Waals surface area contributed by atoms with Gasteiger partial charge in [-0.05, 0) is 48.4 Å². The number of hydrogen-bond acceptors (Lipinski definition) is 3. The van der Waals surface area contributed by atoms with Crippen LogP contribution in [0.25, 0.3) is 78.5 Å². The Morgan fingerprint density at radius 3 is 2.15 bits per heavy atom. The van der Waals surface area contributed by atoms with Crippen LogP contribution in [-0.2, 0) is 5.41 Å². The summed E-state index contributed by atoms with van der Waals surface area (Å²) in [6.45, 7) is 10.9. The zero-order valence-electron chi connectivity index (χ0n) is 27.2. The third-order valence-corrected chi connectivity index (χ3v) is 9.93. The van der Waals surface area contributed by atoms with Crippen molar-refractivity contribution in [3.05, 3.63) is 157 Å². The fourth-order valence-corrected chi connectivity index (χ4v) is 7.71. The van der Waals surface area contributed by atoms with Crippen molar-refractivity contribution >= 4 is 27.9 Å². The smallest absolute Gasteiger partial charge is 0.160 e. The molecule has 8 aromatic rings. The highest BCUT2D eigenvalue weighted by molar-refractivity contribution is 6.09. The predicted octanol–water partition coefficient (Wildman–Crippen LogP) is 11.4. The van der Waals surface area contributed by atoms with Crippen LogP contribution >= 0.6 is 0 Å². The van der Waals surface area contributed by atoms with E-state index in [1.54, 1.807) is 0 Å². The quantitative estimate of drug-likeness (QED) is 0.192. The van der Waals surface area contributed by atoms with Crippen molar-refractivity contribution in [2.75, 3.05) is 0 Å². The van der Waals surface area contributed by atoms with Crippen molar-refractivity contribution in [2.45, 2.75) is 26.2 Å². The van der Waals surface area contributed by atoms with Gasteiger partial charge in [0.2, 0.25) is 0 Å². The summed E-state index contributed by atoms with van der Waals surface area (Å²) in [6.07, 6.45) is 1.97. The second-order valence-electron chi connectivity index (χ2n) is 13.0. The van der Waals surface area contributed by atoms with Crippen LogP contribution in [0.4, 0.5) is 0 Å². The molecular formula is C44H33N3O. The zero-order chi connectivity index (χ0) is 32.6. The Morgan fingerprint density at radius 1 is 0.667 bits per heavy atom. The number of hydrogen-bond donors (Lipinski definition) is 0. The monoisotopic (exact) mass is 619 g/mol. The predicted molar refractivity (Wildman–Crippen MR) is 197 cm³/mol. The number of aryl methyl sites for hydroxylation is 1. The van der Waals surface area contributed by atoms with Gasteiger partial charge in [-0.3, -0.25) is 0 Å². The summed E-state index contributed by atoms with van der Waals surface area (Å²) in [4.78, 5) is 10.5. The Labute approximate surface area is 279 Å². The molecule has 0 radical (unpaired) electrons. The van der Waals surface area contributed by atoms with Crippen LogP contribution in [0.15, 0.2) is 138 Å². The summed E-state index contributed by atoms with van der Waals surface area (Å²) in [5, 5.41) is 2.26. The van der Waals surface area contributed by atoms with Gasteiger partial charge in [-0.2, -0.15) is 0 Å². The molecule has 0 amide bonds. The maximum atomic E-state index is 6.24. The summed E-state index contributed by atoms with van der Waals surface area (Å²) in [7, 11) is 0. The van der Waals surface area contributed by atoms with Crippen molar-refractivity contribution in [2.24, 2.45) is 0 Å². The van der Waals surface area contributed by atoms with E-state index in [9.17, 15) is 0 Å². The number of nitrogens with zero attached hydrogens (tertiary/aromatic N) is 3. The molecule has 1 aliphatic carbocycles. The van der Waals surface area contributed by atoms with Gasteiger partial charge < -0.3 is 8.98 Å². The molecule has 0 bridgehead atoms. The zero-order valence-corrected chi connectivity index (χ0v) is 27.2. The van der Waals surface area contributed by atoms with E-state index in [1.807, 2.05) is 43.3 Å². The molecule has 4 nitrogen and oxygen atoms in total. The van der Waals surface area contributed by atoms with Crippen LogP contribution in [0.3, 0.4) is 0 Å².